The molecule has 0 saturated heterocycles. The van der Waals surface area contributed by atoms with Gasteiger partial charge in [-0.05, 0) is 12.1 Å². The Kier molecular flexibility index (Phi) is 1.59. The molecule has 0 saturated carbocycles. The van der Waals surface area contributed by atoms with Gasteiger partial charge in [0, 0.05) is 12.3 Å². The molecule has 62 valence electrons. The normalized spacial score (nSPS) is 10.3. The Morgan fingerprint density at radius 3 is 3.00 bits per heavy atom. The molecule has 4 nitrogen and oxygen atoms in total. The van der Waals surface area contributed by atoms with Gasteiger partial charge in [-0.25, -0.2) is 0 Å². The van der Waals surface area contributed by atoms with Gasteiger partial charge in [0.2, 0.25) is 0 Å². The zero-order chi connectivity index (χ0) is 8.39. The highest BCUT2D eigenvalue weighted by Gasteiger charge is 1.96. The summed E-state index contributed by atoms with van der Waals surface area (Å²) in [6, 6.07) is 5.15. The summed E-state index contributed by atoms with van der Waals surface area (Å²) in [5, 5.41) is 2.62. The van der Waals surface area contributed by atoms with E-state index in [4.69, 9.17) is 4.42 Å². The van der Waals surface area contributed by atoms with Crippen LogP contribution in [-0.4, -0.2) is 9.78 Å². The lowest BCUT2D eigenvalue weighted by Gasteiger charge is -1.96. The number of nitrogens with zero attached hydrogens (tertiary/aromatic N) is 1. The number of aromatic amines is 1. The van der Waals surface area contributed by atoms with Crippen LogP contribution in [-0.2, 0) is 6.54 Å². The molecule has 0 aromatic carbocycles. The van der Waals surface area contributed by atoms with E-state index in [0.29, 0.717) is 6.54 Å². The predicted octanol–water partition coefficient (Wildman–Crippen LogP) is 0.818. The van der Waals surface area contributed by atoms with Crippen LogP contribution < -0.4 is 5.56 Å². The van der Waals surface area contributed by atoms with Gasteiger partial charge in [0.05, 0.1) is 12.8 Å². The highest BCUT2D eigenvalue weighted by atomic mass is 16.3. The van der Waals surface area contributed by atoms with Crippen molar-refractivity contribution in [1.82, 2.24) is 9.78 Å². The molecule has 0 radical (unpaired) electrons. The minimum absolute atomic E-state index is 0.0958. The molecule has 2 aromatic heterocycles. The summed E-state index contributed by atoms with van der Waals surface area (Å²) in [5.41, 5.74) is -0.0958. The maximum atomic E-state index is 10.7. The van der Waals surface area contributed by atoms with E-state index in [9.17, 15) is 4.79 Å². The fourth-order valence-electron chi connectivity index (χ4n) is 1.04. The standard InChI is InChI=1S/C8H8N2O2/c11-8-3-4-10(9-8)6-7-2-1-5-12-7/h1-5H,6H2,(H,9,11). The van der Waals surface area contributed by atoms with Crippen molar-refractivity contribution in [3.05, 3.63) is 46.8 Å². The minimum atomic E-state index is -0.0958. The zero-order valence-corrected chi connectivity index (χ0v) is 6.36. The van der Waals surface area contributed by atoms with E-state index in [1.54, 1.807) is 17.1 Å². The number of rotatable bonds is 2. The number of H-pyrrole nitrogens is 1. The number of furan rings is 1. The summed E-state index contributed by atoms with van der Waals surface area (Å²) in [6.45, 7) is 0.565. The van der Waals surface area contributed by atoms with Gasteiger partial charge in [0.15, 0.2) is 0 Å². The molecule has 2 aromatic rings. The maximum absolute atomic E-state index is 10.7. The summed E-state index contributed by atoms with van der Waals surface area (Å²) < 4.78 is 6.77. The van der Waals surface area contributed by atoms with Gasteiger partial charge in [-0.2, -0.15) is 0 Å². The SMILES string of the molecule is O=c1ccn(Cc2ccco2)[nH]1. The van der Waals surface area contributed by atoms with Crippen LogP contribution in [0.3, 0.4) is 0 Å². The van der Waals surface area contributed by atoms with Crippen LogP contribution in [0.2, 0.25) is 0 Å². The zero-order valence-electron chi connectivity index (χ0n) is 6.36. The Balaban J connectivity index is 2.19. The van der Waals surface area contributed by atoms with Crippen LogP contribution in [0.1, 0.15) is 5.76 Å². The first-order chi connectivity index (χ1) is 5.84. The van der Waals surface area contributed by atoms with Crippen molar-refractivity contribution in [2.24, 2.45) is 0 Å². The molecule has 2 heterocycles. The molecular formula is C8H8N2O2. The minimum Gasteiger partial charge on any atom is -0.467 e. The Labute approximate surface area is 68.4 Å². The van der Waals surface area contributed by atoms with Crippen LogP contribution in [0, 0.1) is 0 Å². The van der Waals surface area contributed by atoms with E-state index in [-0.39, 0.29) is 5.56 Å². The monoisotopic (exact) mass is 164 g/mol. The maximum Gasteiger partial charge on any atom is 0.264 e. The molecule has 0 aliphatic carbocycles. The van der Waals surface area contributed by atoms with Gasteiger partial charge in [-0.3, -0.25) is 14.6 Å². The smallest absolute Gasteiger partial charge is 0.264 e. The highest BCUT2D eigenvalue weighted by molar-refractivity contribution is 4.98. The van der Waals surface area contributed by atoms with Crippen molar-refractivity contribution in [2.45, 2.75) is 6.54 Å². The fraction of sp³-hybridized carbons (Fsp3) is 0.125. The second-order valence-corrected chi connectivity index (χ2v) is 2.50. The van der Waals surface area contributed by atoms with Gasteiger partial charge in [0.25, 0.3) is 5.56 Å². The molecule has 0 bridgehead atoms. The van der Waals surface area contributed by atoms with Gasteiger partial charge < -0.3 is 4.42 Å². The van der Waals surface area contributed by atoms with Gasteiger partial charge in [0.1, 0.15) is 5.76 Å². The van der Waals surface area contributed by atoms with E-state index >= 15 is 0 Å². The second kappa shape index (κ2) is 2.73. The Morgan fingerprint density at radius 2 is 2.42 bits per heavy atom. The van der Waals surface area contributed by atoms with Crippen molar-refractivity contribution >= 4 is 0 Å². The molecule has 0 fully saturated rings. The first-order valence-corrected chi connectivity index (χ1v) is 3.62. The van der Waals surface area contributed by atoms with Crippen LogP contribution in [0.4, 0.5) is 0 Å². The lowest BCUT2D eigenvalue weighted by molar-refractivity contribution is 0.479. The molecule has 2 rings (SSSR count). The van der Waals surface area contributed by atoms with Crippen molar-refractivity contribution in [2.75, 3.05) is 0 Å². The summed E-state index contributed by atoms with van der Waals surface area (Å²) >= 11 is 0. The second-order valence-electron chi connectivity index (χ2n) is 2.50. The van der Waals surface area contributed by atoms with Gasteiger partial charge in [-0.15, -0.1) is 0 Å². The van der Waals surface area contributed by atoms with Gasteiger partial charge >= 0.3 is 0 Å². The van der Waals surface area contributed by atoms with Crippen LogP contribution >= 0.6 is 0 Å². The molecule has 0 aliphatic heterocycles. The number of aromatic nitrogens is 2. The molecule has 12 heavy (non-hydrogen) atoms. The number of hydrogen-bond donors (Lipinski definition) is 1. The molecule has 0 unspecified atom stereocenters. The largest absolute Gasteiger partial charge is 0.467 e. The van der Waals surface area contributed by atoms with Crippen LogP contribution in [0.5, 0.6) is 0 Å². The Bertz CT molecular complexity index is 397. The fourth-order valence-corrected chi connectivity index (χ4v) is 1.04. The molecule has 1 N–H and O–H groups in total. The molecular weight excluding hydrogens is 156 g/mol. The summed E-state index contributed by atoms with van der Waals surface area (Å²) in [4.78, 5) is 10.7. The average molecular weight is 164 g/mol. The molecule has 0 aliphatic rings. The molecule has 4 heteroatoms. The van der Waals surface area contributed by atoms with Crippen LogP contribution in [0.25, 0.3) is 0 Å². The third kappa shape index (κ3) is 1.32. The lowest BCUT2D eigenvalue weighted by atomic mass is 10.4. The Hall–Kier alpha value is -1.71. The summed E-state index contributed by atoms with van der Waals surface area (Å²) in [5.74, 6) is 0.821. The van der Waals surface area contributed by atoms with Crippen molar-refractivity contribution in [1.29, 1.82) is 0 Å². The first-order valence-electron chi connectivity index (χ1n) is 3.62. The third-order valence-corrected chi connectivity index (χ3v) is 1.57. The average Bonchev–Trinajstić information content (AvgIpc) is 2.63. The van der Waals surface area contributed by atoms with Gasteiger partial charge in [-0.1, -0.05) is 0 Å². The van der Waals surface area contributed by atoms with E-state index in [0.717, 1.165) is 5.76 Å². The van der Waals surface area contributed by atoms with E-state index in [1.807, 2.05) is 12.1 Å². The highest BCUT2D eigenvalue weighted by Crippen LogP contribution is 2.00. The molecule has 0 atom stereocenters. The number of hydrogen-bond acceptors (Lipinski definition) is 2. The summed E-state index contributed by atoms with van der Waals surface area (Å²) in [6.07, 6.45) is 3.29. The molecule has 0 spiro atoms. The number of nitrogens with one attached hydrogen (secondary N) is 1. The van der Waals surface area contributed by atoms with Crippen molar-refractivity contribution in [3.63, 3.8) is 0 Å². The lowest BCUT2D eigenvalue weighted by Crippen LogP contribution is -2.05. The third-order valence-electron chi connectivity index (χ3n) is 1.57. The van der Waals surface area contributed by atoms with E-state index < -0.39 is 0 Å². The van der Waals surface area contributed by atoms with Crippen molar-refractivity contribution in [3.8, 4) is 0 Å². The Morgan fingerprint density at radius 1 is 1.50 bits per heavy atom. The van der Waals surface area contributed by atoms with Crippen molar-refractivity contribution < 1.29 is 4.42 Å². The van der Waals surface area contributed by atoms with E-state index in [1.165, 1.54) is 6.07 Å². The van der Waals surface area contributed by atoms with Crippen LogP contribution in [0.15, 0.2) is 39.9 Å². The van der Waals surface area contributed by atoms with E-state index in [2.05, 4.69) is 5.10 Å². The molecule has 0 amide bonds. The first kappa shape index (κ1) is 6.97. The quantitative estimate of drug-likeness (QED) is 0.714. The summed E-state index contributed by atoms with van der Waals surface area (Å²) in [7, 11) is 0. The predicted molar refractivity (Wildman–Crippen MR) is 42.9 cm³/mol. The topological polar surface area (TPSA) is 50.9 Å².